The first kappa shape index (κ1) is 13.3. The second-order valence-electron chi connectivity index (χ2n) is 5.19. The van der Waals surface area contributed by atoms with Crippen molar-refractivity contribution < 1.29 is 4.74 Å². The maximum atomic E-state index is 5.81. The van der Waals surface area contributed by atoms with Crippen molar-refractivity contribution in [2.24, 2.45) is 0 Å². The highest BCUT2D eigenvalue weighted by Crippen LogP contribution is 2.26. The highest BCUT2D eigenvalue weighted by Gasteiger charge is 2.30. The predicted octanol–water partition coefficient (Wildman–Crippen LogP) is 3.11. The molecule has 0 bridgehead atoms. The number of ether oxygens (including phenoxy) is 1. The van der Waals surface area contributed by atoms with E-state index in [0.29, 0.717) is 6.04 Å². The molecule has 1 aliphatic rings. The molecule has 2 atom stereocenters. The first-order chi connectivity index (χ1) is 8.81. The number of hydrogen-bond acceptors (Lipinski definition) is 3. The molecule has 0 aromatic carbocycles. The number of nitrogens with zero attached hydrogens (tertiary/aromatic N) is 2. The summed E-state index contributed by atoms with van der Waals surface area (Å²) in [6.07, 6.45) is 10.1. The van der Waals surface area contributed by atoms with Crippen molar-refractivity contribution in [3.63, 3.8) is 0 Å². The van der Waals surface area contributed by atoms with Crippen LogP contribution in [0.1, 0.15) is 39.0 Å². The molecule has 0 N–H and O–H groups in total. The fourth-order valence-corrected chi connectivity index (χ4v) is 2.70. The number of hydrogen-bond donors (Lipinski definition) is 0. The third-order valence-corrected chi connectivity index (χ3v) is 3.95. The summed E-state index contributed by atoms with van der Waals surface area (Å²) in [4.78, 5) is 6.57. The first-order valence-corrected chi connectivity index (χ1v) is 7.06. The standard InChI is InChI=1S/C15H24N2O/c1-3-4-6-13-8-9-14(17(13)2)12-18-15-7-5-10-16-11-15/h5,7,10-11,13-14H,3-4,6,8-9,12H2,1-2H3/t13-,14?/m0/s1. The lowest BCUT2D eigenvalue weighted by Crippen LogP contribution is -2.36. The number of pyridine rings is 1. The fraction of sp³-hybridized carbons (Fsp3) is 0.667. The molecule has 2 rings (SSSR count). The molecule has 0 spiro atoms. The van der Waals surface area contributed by atoms with Crippen LogP contribution in [0.25, 0.3) is 0 Å². The molecule has 1 aliphatic heterocycles. The zero-order valence-electron chi connectivity index (χ0n) is 11.5. The zero-order chi connectivity index (χ0) is 12.8. The van der Waals surface area contributed by atoms with Crippen molar-refractivity contribution in [2.45, 2.75) is 51.1 Å². The first-order valence-electron chi connectivity index (χ1n) is 7.06. The third-order valence-electron chi connectivity index (χ3n) is 3.95. The van der Waals surface area contributed by atoms with E-state index >= 15 is 0 Å². The molecule has 1 saturated heterocycles. The van der Waals surface area contributed by atoms with E-state index in [-0.39, 0.29) is 0 Å². The Morgan fingerprint density at radius 3 is 2.94 bits per heavy atom. The van der Waals surface area contributed by atoms with Crippen molar-refractivity contribution in [1.29, 1.82) is 0 Å². The van der Waals surface area contributed by atoms with Crippen molar-refractivity contribution in [3.05, 3.63) is 24.5 Å². The van der Waals surface area contributed by atoms with Gasteiger partial charge < -0.3 is 4.74 Å². The lowest BCUT2D eigenvalue weighted by Gasteiger charge is -2.25. The van der Waals surface area contributed by atoms with Crippen molar-refractivity contribution in [1.82, 2.24) is 9.88 Å². The predicted molar refractivity (Wildman–Crippen MR) is 73.8 cm³/mol. The lowest BCUT2D eigenvalue weighted by atomic mass is 10.1. The third kappa shape index (κ3) is 3.45. The van der Waals surface area contributed by atoms with E-state index in [1.165, 1.54) is 32.1 Å². The maximum Gasteiger partial charge on any atom is 0.137 e. The molecule has 100 valence electrons. The van der Waals surface area contributed by atoms with Gasteiger partial charge in [-0.2, -0.15) is 0 Å². The van der Waals surface area contributed by atoms with Crippen molar-refractivity contribution in [2.75, 3.05) is 13.7 Å². The molecular weight excluding hydrogens is 224 g/mol. The summed E-state index contributed by atoms with van der Waals surface area (Å²) in [5, 5.41) is 0. The lowest BCUT2D eigenvalue weighted by molar-refractivity contribution is 0.163. The SMILES string of the molecule is CCCC[C@H]1CCC(COc2cccnc2)N1C. The van der Waals surface area contributed by atoms with E-state index in [1.807, 2.05) is 12.1 Å². The van der Waals surface area contributed by atoms with E-state index in [4.69, 9.17) is 4.74 Å². The van der Waals surface area contributed by atoms with E-state index < -0.39 is 0 Å². The minimum Gasteiger partial charge on any atom is -0.490 e. The Morgan fingerprint density at radius 2 is 2.22 bits per heavy atom. The molecule has 0 radical (unpaired) electrons. The smallest absolute Gasteiger partial charge is 0.137 e. The number of aromatic nitrogens is 1. The summed E-state index contributed by atoms with van der Waals surface area (Å²) >= 11 is 0. The van der Waals surface area contributed by atoms with Crippen LogP contribution >= 0.6 is 0 Å². The Hall–Kier alpha value is -1.09. The van der Waals surface area contributed by atoms with Crippen molar-refractivity contribution in [3.8, 4) is 5.75 Å². The van der Waals surface area contributed by atoms with Crippen LogP contribution < -0.4 is 4.74 Å². The van der Waals surface area contributed by atoms with Gasteiger partial charge in [0.05, 0.1) is 6.20 Å². The van der Waals surface area contributed by atoms with Crippen LogP contribution in [0, 0.1) is 0 Å². The maximum absolute atomic E-state index is 5.81. The van der Waals surface area contributed by atoms with Crippen LogP contribution in [-0.4, -0.2) is 35.6 Å². The average Bonchev–Trinajstić information content (AvgIpc) is 2.76. The van der Waals surface area contributed by atoms with E-state index in [0.717, 1.165) is 18.4 Å². The Bertz CT molecular complexity index is 342. The number of rotatable bonds is 6. The summed E-state index contributed by atoms with van der Waals surface area (Å²) in [5.74, 6) is 0.878. The summed E-state index contributed by atoms with van der Waals surface area (Å²) in [7, 11) is 2.24. The minimum absolute atomic E-state index is 0.562. The van der Waals surface area contributed by atoms with E-state index in [2.05, 4.69) is 23.9 Å². The van der Waals surface area contributed by atoms with Crippen LogP contribution in [0.3, 0.4) is 0 Å². The van der Waals surface area contributed by atoms with Gasteiger partial charge in [-0.15, -0.1) is 0 Å². The summed E-state index contributed by atoms with van der Waals surface area (Å²) in [6, 6.07) is 5.20. The molecule has 1 fully saturated rings. The molecule has 1 aromatic heterocycles. The summed E-state index contributed by atoms with van der Waals surface area (Å²) in [6.45, 7) is 3.04. The van der Waals surface area contributed by atoms with Crippen molar-refractivity contribution >= 4 is 0 Å². The molecule has 3 heteroatoms. The Labute approximate surface area is 110 Å². The largest absolute Gasteiger partial charge is 0.490 e. The molecule has 18 heavy (non-hydrogen) atoms. The van der Waals surface area contributed by atoms with Crippen LogP contribution in [0.15, 0.2) is 24.5 Å². The molecule has 2 heterocycles. The van der Waals surface area contributed by atoms with Gasteiger partial charge in [-0.25, -0.2) is 0 Å². The number of likely N-dealkylation sites (tertiary alicyclic amines) is 1. The summed E-state index contributed by atoms with van der Waals surface area (Å²) < 4.78 is 5.81. The average molecular weight is 248 g/mol. The van der Waals surface area contributed by atoms with Gasteiger partial charge in [0.25, 0.3) is 0 Å². The van der Waals surface area contributed by atoms with Gasteiger partial charge in [0.1, 0.15) is 12.4 Å². The number of unbranched alkanes of at least 4 members (excludes halogenated alkanes) is 1. The minimum atomic E-state index is 0.562. The van der Waals surface area contributed by atoms with Gasteiger partial charge in [-0.05, 0) is 38.4 Å². The Balaban J connectivity index is 1.77. The van der Waals surface area contributed by atoms with Gasteiger partial charge in [0, 0.05) is 18.3 Å². The topological polar surface area (TPSA) is 25.4 Å². The highest BCUT2D eigenvalue weighted by molar-refractivity contribution is 5.15. The normalized spacial score (nSPS) is 24.3. The highest BCUT2D eigenvalue weighted by atomic mass is 16.5. The van der Waals surface area contributed by atoms with Crippen LogP contribution in [0.5, 0.6) is 5.75 Å². The van der Waals surface area contributed by atoms with Gasteiger partial charge in [-0.3, -0.25) is 9.88 Å². The van der Waals surface area contributed by atoms with Gasteiger partial charge in [-0.1, -0.05) is 19.8 Å². The van der Waals surface area contributed by atoms with Crippen LogP contribution in [0.2, 0.25) is 0 Å². The quantitative estimate of drug-likeness (QED) is 0.773. The molecule has 0 aliphatic carbocycles. The molecule has 3 nitrogen and oxygen atoms in total. The number of likely N-dealkylation sites (N-methyl/N-ethyl adjacent to an activating group) is 1. The van der Waals surface area contributed by atoms with E-state index in [1.54, 1.807) is 12.4 Å². The summed E-state index contributed by atoms with van der Waals surface area (Å²) in [5.41, 5.74) is 0. The van der Waals surface area contributed by atoms with E-state index in [9.17, 15) is 0 Å². The molecule has 1 aromatic rings. The monoisotopic (exact) mass is 248 g/mol. The Morgan fingerprint density at radius 1 is 1.39 bits per heavy atom. The van der Waals surface area contributed by atoms with Gasteiger partial charge in [0.15, 0.2) is 0 Å². The second kappa shape index (κ2) is 6.74. The second-order valence-corrected chi connectivity index (χ2v) is 5.19. The molecule has 0 amide bonds. The zero-order valence-corrected chi connectivity index (χ0v) is 11.5. The molecular formula is C15H24N2O. The van der Waals surface area contributed by atoms with Crippen LogP contribution in [-0.2, 0) is 0 Å². The Kier molecular flexibility index (Phi) is 5.00. The van der Waals surface area contributed by atoms with Gasteiger partial charge >= 0.3 is 0 Å². The fourth-order valence-electron chi connectivity index (χ4n) is 2.70. The van der Waals surface area contributed by atoms with Crippen LogP contribution in [0.4, 0.5) is 0 Å². The molecule has 0 saturated carbocycles. The molecule has 1 unspecified atom stereocenters. The van der Waals surface area contributed by atoms with Gasteiger partial charge in [0.2, 0.25) is 0 Å².